The zero-order chi connectivity index (χ0) is 11.4. The normalized spacial score (nSPS) is 10.9. The second-order valence-electron chi connectivity index (χ2n) is 2.79. The number of allylic oxidation sites excluding steroid dienone is 1. The van der Waals surface area contributed by atoms with Crippen LogP contribution in [0.3, 0.4) is 0 Å². The number of rotatable bonds is 3. The van der Waals surface area contributed by atoms with Crippen LogP contribution in [0.15, 0.2) is 12.1 Å². The summed E-state index contributed by atoms with van der Waals surface area (Å²) < 4.78 is 0. The van der Waals surface area contributed by atoms with Gasteiger partial charge in [0.15, 0.2) is 0 Å². The van der Waals surface area contributed by atoms with E-state index in [4.69, 9.17) is 23.2 Å². The van der Waals surface area contributed by atoms with Crippen LogP contribution < -0.4 is 0 Å². The molecule has 0 saturated carbocycles. The number of nitro groups is 1. The van der Waals surface area contributed by atoms with Gasteiger partial charge in [-0.2, -0.15) is 0 Å². The van der Waals surface area contributed by atoms with Crippen molar-refractivity contribution in [1.82, 2.24) is 4.98 Å². The van der Waals surface area contributed by atoms with Crippen molar-refractivity contribution in [2.45, 2.75) is 6.92 Å². The van der Waals surface area contributed by atoms with Gasteiger partial charge in [-0.1, -0.05) is 23.8 Å². The Hall–Kier alpha value is -1.13. The number of hydrogen-bond acceptors (Lipinski definition) is 3. The third kappa shape index (κ3) is 2.91. The first-order chi connectivity index (χ1) is 7.06. The third-order valence-electron chi connectivity index (χ3n) is 1.75. The minimum atomic E-state index is -0.489. The third-order valence-corrected chi connectivity index (χ3v) is 2.23. The summed E-state index contributed by atoms with van der Waals surface area (Å²) in [4.78, 5) is 14.0. The molecule has 0 N–H and O–H groups in total. The molecule has 0 aliphatic carbocycles. The summed E-state index contributed by atoms with van der Waals surface area (Å²) in [6.45, 7) is 1.54. The van der Waals surface area contributed by atoms with Gasteiger partial charge in [0.25, 0.3) is 5.69 Å². The number of nitrogens with zero attached hydrogens (tertiary/aromatic N) is 2. The van der Waals surface area contributed by atoms with Crippen molar-refractivity contribution < 1.29 is 4.92 Å². The van der Waals surface area contributed by atoms with Crippen LogP contribution >= 0.6 is 23.2 Å². The zero-order valence-corrected chi connectivity index (χ0v) is 9.42. The SMILES string of the molecule is Cc1nc(Cl)c(C=CCCl)cc1[N+](=O)[O-]. The lowest BCUT2D eigenvalue weighted by molar-refractivity contribution is -0.385. The van der Waals surface area contributed by atoms with Crippen molar-refractivity contribution in [1.29, 1.82) is 0 Å². The summed E-state index contributed by atoms with van der Waals surface area (Å²) in [5, 5.41) is 10.9. The van der Waals surface area contributed by atoms with Crippen LogP contribution in [-0.4, -0.2) is 15.8 Å². The lowest BCUT2D eigenvalue weighted by atomic mass is 10.2. The summed E-state index contributed by atoms with van der Waals surface area (Å²) in [7, 11) is 0. The molecule has 0 fully saturated rings. The second-order valence-corrected chi connectivity index (χ2v) is 3.45. The van der Waals surface area contributed by atoms with E-state index in [1.54, 1.807) is 19.1 Å². The van der Waals surface area contributed by atoms with Crippen molar-refractivity contribution in [3.05, 3.63) is 38.7 Å². The second kappa shape index (κ2) is 5.09. The van der Waals surface area contributed by atoms with Crippen molar-refractivity contribution in [3.63, 3.8) is 0 Å². The van der Waals surface area contributed by atoms with Gasteiger partial charge in [0.1, 0.15) is 10.8 Å². The Balaban J connectivity index is 3.23. The molecule has 0 aromatic carbocycles. The van der Waals surface area contributed by atoms with Crippen LogP contribution in [0.2, 0.25) is 5.15 Å². The Morgan fingerprint density at radius 2 is 2.33 bits per heavy atom. The largest absolute Gasteiger partial charge is 0.291 e. The van der Waals surface area contributed by atoms with Crippen LogP contribution in [0.25, 0.3) is 6.08 Å². The Kier molecular flexibility index (Phi) is 4.05. The van der Waals surface area contributed by atoms with E-state index >= 15 is 0 Å². The molecular formula is C9H8Cl2N2O2. The molecule has 0 aliphatic heterocycles. The van der Waals surface area contributed by atoms with E-state index in [1.807, 2.05) is 0 Å². The number of aryl methyl sites for hydroxylation is 1. The number of hydrogen-bond donors (Lipinski definition) is 0. The van der Waals surface area contributed by atoms with Crippen molar-refractivity contribution in [2.75, 3.05) is 5.88 Å². The first-order valence-electron chi connectivity index (χ1n) is 4.10. The first-order valence-corrected chi connectivity index (χ1v) is 5.01. The van der Waals surface area contributed by atoms with Crippen molar-refractivity contribution >= 4 is 35.0 Å². The molecule has 0 unspecified atom stereocenters. The summed E-state index contributed by atoms with van der Waals surface area (Å²) >= 11 is 11.3. The monoisotopic (exact) mass is 246 g/mol. The predicted molar refractivity (Wildman–Crippen MR) is 60.4 cm³/mol. The van der Waals surface area contributed by atoms with E-state index in [-0.39, 0.29) is 10.8 Å². The molecular weight excluding hydrogens is 239 g/mol. The molecule has 0 atom stereocenters. The van der Waals surface area contributed by atoms with E-state index in [0.29, 0.717) is 17.1 Å². The minimum absolute atomic E-state index is 0.0476. The number of pyridine rings is 1. The van der Waals surface area contributed by atoms with Gasteiger partial charge in [-0.3, -0.25) is 10.1 Å². The summed E-state index contributed by atoms with van der Waals surface area (Å²) in [5.74, 6) is 0.317. The molecule has 0 spiro atoms. The quantitative estimate of drug-likeness (QED) is 0.356. The molecule has 0 amide bonds. The first kappa shape index (κ1) is 11.9. The molecule has 1 aromatic heterocycles. The lowest BCUT2D eigenvalue weighted by Gasteiger charge is -2.00. The van der Waals surface area contributed by atoms with Gasteiger partial charge in [0.05, 0.1) is 4.92 Å². The molecule has 15 heavy (non-hydrogen) atoms. The topological polar surface area (TPSA) is 56.0 Å². The Morgan fingerprint density at radius 3 is 2.87 bits per heavy atom. The van der Waals surface area contributed by atoms with Gasteiger partial charge in [0.2, 0.25) is 0 Å². The van der Waals surface area contributed by atoms with Crippen LogP contribution in [0.5, 0.6) is 0 Å². The lowest BCUT2D eigenvalue weighted by Crippen LogP contribution is -1.96. The van der Waals surface area contributed by atoms with E-state index in [9.17, 15) is 10.1 Å². The van der Waals surface area contributed by atoms with Crippen LogP contribution in [0, 0.1) is 17.0 Å². The average Bonchev–Trinajstić information content (AvgIpc) is 2.16. The fraction of sp³-hybridized carbons (Fsp3) is 0.222. The van der Waals surface area contributed by atoms with Crippen molar-refractivity contribution in [3.8, 4) is 0 Å². The molecule has 0 radical (unpaired) electrons. The van der Waals surface area contributed by atoms with Crippen LogP contribution in [0.1, 0.15) is 11.3 Å². The van der Waals surface area contributed by atoms with E-state index < -0.39 is 4.92 Å². The smallest absolute Gasteiger partial charge is 0.258 e. The van der Waals surface area contributed by atoms with Crippen LogP contribution in [-0.2, 0) is 0 Å². The maximum Gasteiger partial charge on any atom is 0.291 e. The van der Waals surface area contributed by atoms with Gasteiger partial charge in [0, 0.05) is 17.5 Å². The van der Waals surface area contributed by atoms with Crippen LogP contribution in [0.4, 0.5) is 5.69 Å². The van der Waals surface area contributed by atoms with E-state index in [1.165, 1.54) is 6.07 Å². The highest BCUT2D eigenvalue weighted by atomic mass is 35.5. The maximum atomic E-state index is 10.6. The molecule has 1 aromatic rings. The number of aromatic nitrogens is 1. The van der Waals surface area contributed by atoms with Gasteiger partial charge >= 0.3 is 0 Å². The highest BCUT2D eigenvalue weighted by molar-refractivity contribution is 6.31. The van der Waals surface area contributed by atoms with Gasteiger partial charge in [-0.15, -0.1) is 11.6 Å². The highest BCUT2D eigenvalue weighted by Crippen LogP contribution is 2.24. The van der Waals surface area contributed by atoms with Gasteiger partial charge in [-0.25, -0.2) is 4.98 Å². The molecule has 1 heterocycles. The average molecular weight is 247 g/mol. The van der Waals surface area contributed by atoms with Gasteiger partial charge < -0.3 is 0 Å². The van der Waals surface area contributed by atoms with Crippen molar-refractivity contribution in [2.24, 2.45) is 0 Å². The fourth-order valence-corrected chi connectivity index (χ4v) is 1.39. The molecule has 0 saturated heterocycles. The Morgan fingerprint density at radius 1 is 1.67 bits per heavy atom. The van der Waals surface area contributed by atoms with E-state index in [2.05, 4.69) is 4.98 Å². The molecule has 0 bridgehead atoms. The van der Waals surface area contributed by atoms with Gasteiger partial charge in [-0.05, 0) is 6.92 Å². The predicted octanol–water partition coefficient (Wildman–Crippen LogP) is 3.20. The maximum absolute atomic E-state index is 10.6. The summed E-state index contributed by atoms with van der Waals surface area (Å²) in [6, 6.07) is 1.38. The number of alkyl halides is 1. The standard InChI is InChI=1S/C9H8Cl2N2O2/c1-6-8(13(14)15)5-7(3-2-4-10)9(11)12-6/h2-3,5H,4H2,1H3. The summed E-state index contributed by atoms with van der Waals surface area (Å²) in [5.41, 5.74) is 0.747. The molecule has 6 heteroatoms. The molecule has 1 rings (SSSR count). The fourth-order valence-electron chi connectivity index (χ4n) is 1.05. The minimum Gasteiger partial charge on any atom is -0.258 e. The highest BCUT2D eigenvalue weighted by Gasteiger charge is 2.14. The summed E-state index contributed by atoms with van der Waals surface area (Å²) in [6.07, 6.45) is 3.25. The van der Waals surface area contributed by atoms with E-state index in [0.717, 1.165) is 0 Å². The molecule has 4 nitrogen and oxygen atoms in total. The Labute approximate surface area is 96.7 Å². The molecule has 0 aliphatic rings. The molecule has 80 valence electrons. The Bertz CT molecular complexity index is 419. The zero-order valence-electron chi connectivity index (χ0n) is 7.91. The number of halogens is 2.